The van der Waals surface area contributed by atoms with Gasteiger partial charge >= 0.3 is 0 Å². The van der Waals surface area contributed by atoms with Crippen molar-refractivity contribution in [1.29, 1.82) is 0 Å². The average Bonchev–Trinajstić information content (AvgIpc) is 2.93. The van der Waals surface area contributed by atoms with Gasteiger partial charge in [0, 0.05) is 27.2 Å². The molecule has 1 amide bonds. The molecule has 7 nitrogen and oxygen atoms in total. The molecule has 0 aliphatic rings. The van der Waals surface area contributed by atoms with E-state index in [4.69, 9.17) is 0 Å². The molecule has 1 aromatic heterocycles. The molecule has 0 bridgehead atoms. The maximum absolute atomic E-state index is 12.6. The highest BCUT2D eigenvalue weighted by Crippen LogP contribution is 2.17. The van der Waals surface area contributed by atoms with Crippen molar-refractivity contribution in [3.8, 4) is 0 Å². The third-order valence-corrected chi connectivity index (χ3v) is 3.00. The smallest absolute Gasteiger partial charge is 0.274 e. The van der Waals surface area contributed by atoms with Gasteiger partial charge in [-0.3, -0.25) is 9.80 Å². The first-order chi connectivity index (χ1) is 10.1. The van der Waals surface area contributed by atoms with Crippen molar-refractivity contribution in [1.82, 2.24) is 19.9 Å². The van der Waals surface area contributed by atoms with Crippen LogP contribution in [0.4, 0.5) is 5.82 Å². The van der Waals surface area contributed by atoms with E-state index in [0.717, 1.165) is 38.8 Å². The van der Waals surface area contributed by atoms with Crippen molar-refractivity contribution in [2.75, 3.05) is 27.2 Å². The third kappa shape index (κ3) is 5.53. The lowest BCUT2D eigenvalue weighted by atomic mass is 10.2. The van der Waals surface area contributed by atoms with Crippen LogP contribution in [0, 0.1) is 0 Å². The molecule has 0 unspecified atom stereocenters. The van der Waals surface area contributed by atoms with Crippen LogP contribution < -0.4 is 0 Å². The molecule has 1 N–H and O–H groups in total. The Balaban J connectivity index is 2.84. The van der Waals surface area contributed by atoms with Gasteiger partial charge in [-0.15, -0.1) is 5.11 Å². The minimum Gasteiger partial charge on any atom is -0.339 e. The number of nitrogens with zero attached hydrogens (tertiary/aromatic N) is 5. The van der Waals surface area contributed by atoms with Gasteiger partial charge in [-0.1, -0.05) is 31.9 Å². The second-order valence-electron chi connectivity index (χ2n) is 5.14. The number of hydrogen-bond donors (Lipinski definition) is 1. The Morgan fingerprint density at radius 1 is 1.24 bits per heavy atom. The van der Waals surface area contributed by atoms with Crippen LogP contribution in [0.15, 0.2) is 16.7 Å². The Hall–Kier alpha value is -1.92. The fourth-order valence-corrected chi connectivity index (χ4v) is 1.82. The first-order valence-corrected chi connectivity index (χ1v) is 7.51. The van der Waals surface area contributed by atoms with E-state index < -0.39 is 0 Å². The Morgan fingerprint density at radius 2 is 1.86 bits per heavy atom. The van der Waals surface area contributed by atoms with E-state index in [-0.39, 0.29) is 5.91 Å². The van der Waals surface area contributed by atoms with E-state index in [2.05, 4.69) is 34.2 Å². The first kappa shape index (κ1) is 17.1. The summed E-state index contributed by atoms with van der Waals surface area (Å²) in [6.07, 6.45) is 5.60. The molecule has 0 fully saturated rings. The van der Waals surface area contributed by atoms with Crippen LogP contribution in [0.25, 0.3) is 0 Å². The predicted octanol–water partition coefficient (Wildman–Crippen LogP) is 3.01. The molecule has 0 radical (unpaired) electrons. The number of aromatic amines is 1. The molecule has 0 atom stereocenters. The van der Waals surface area contributed by atoms with Gasteiger partial charge in [-0.2, -0.15) is 0 Å². The number of unbranched alkanes of at least 4 members (excludes halogenated alkanes) is 2. The molecule has 1 rings (SSSR count). The van der Waals surface area contributed by atoms with Crippen molar-refractivity contribution < 1.29 is 4.79 Å². The minimum absolute atomic E-state index is 0.0536. The number of aromatic nitrogens is 2. The van der Waals surface area contributed by atoms with Gasteiger partial charge in [0.15, 0.2) is 5.69 Å². The minimum atomic E-state index is -0.0536. The quantitative estimate of drug-likeness (QED) is 0.562. The number of rotatable bonds is 9. The molecular formula is C14H26N6O. The summed E-state index contributed by atoms with van der Waals surface area (Å²) >= 11 is 0. The fraction of sp³-hybridized carbons (Fsp3) is 0.714. The van der Waals surface area contributed by atoms with Crippen LogP contribution in [-0.2, 0) is 0 Å². The highest BCUT2D eigenvalue weighted by Gasteiger charge is 2.20. The van der Waals surface area contributed by atoms with Crippen molar-refractivity contribution in [3.05, 3.63) is 12.0 Å². The van der Waals surface area contributed by atoms with Gasteiger partial charge in [0.1, 0.15) is 0 Å². The lowest BCUT2D eigenvalue weighted by molar-refractivity contribution is 0.0746. The number of hydrogen-bond acceptors (Lipinski definition) is 4. The molecule has 0 aromatic carbocycles. The van der Waals surface area contributed by atoms with Crippen molar-refractivity contribution in [2.24, 2.45) is 10.3 Å². The summed E-state index contributed by atoms with van der Waals surface area (Å²) in [5, 5.41) is 9.45. The van der Waals surface area contributed by atoms with Gasteiger partial charge in [-0.25, -0.2) is 4.98 Å². The summed E-state index contributed by atoms with van der Waals surface area (Å²) in [5.74, 6) is 0.286. The van der Waals surface area contributed by atoms with Gasteiger partial charge in [0.25, 0.3) is 5.91 Å². The zero-order chi connectivity index (χ0) is 15.7. The van der Waals surface area contributed by atoms with Gasteiger partial charge in [0.2, 0.25) is 5.82 Å². The number of imidazole rings is 1. The lowest BCUT2D eigenvalue weighted by Gasteiger charge is -2.21. The average molecular weight is 294 g/mol. The van der Waals surface area contributed by atoms with Crippen LogP contribution in [0.2, 0.25) is 0 Å². The number of amides is 1. The summed E-state index contributed by atoms with van der Waals surface area (Å²) in [6, 6.07) is 0. The zero-order valence-electron chi connectivity index (χ0n) is 13.5. The molecule has 0 spiro atoms. The normalized spacial score (nSPS) is 11.0. The summed E-state index contributed by atoms with van der Waals surface area (Å²) in [7, 11) is 3.54. The van der Waals surface area contributed by atoms with Crippen molar-refractivity contribution in [3.63, 3.8) is 0 Å². The summed E-state index contributed by atoms with van der Waals surface area (Å²) in [6.45, 7) is 5.77. The molecule has 21 heavy (non-hydrogen) atoms. The molecule has 0 aliphatic carbocycles. The Morgan fingerprint density at radius 3 is 2.38 bits per heavy atom. The topological polar surface area (TPSA) is 77.0 Å². The summed E-state index contributed by atoms with van der Waals surface area (Å²) < 4.78 is 0. The maximum Gasteiger partial charge on any atom is 0.274 e. The molecule has 1 heterocycles. The highest BCUT2D eigenvalue weighted by molar-refractivity contribution is 5.96. The first-order valence-electron chi connectivity index (χ1n) is 7.51. The number of carbonyl (C=O) groups is 1. The fourth-order valence-electron chi connectivity index (χ4n) is 1.82. The lowest BCUT2D eigenvalue weighted by Crippen LogP contribution is -2.33. The second kappa shape index (κ2) is 9.10. The van der Waals surface area contributed by atoms with Crippen LogP contribution in [-0.4, -0.2) is 53.0 Å². The van der Waals surface area contributed by atoms with Crippen LogP contribution in [0.5, 0.6) is 0 Å². The van der Waals surface area contributed by atoms with E-state index in [9.17, 15) is 4.79 Å². The van der Waals surface area contributed by atoms with E-state index >= 15 is 0 Å². The molecular weight excluding hydrogens is 268 g/mol. The maximum atomic E-state index is 12.6. The van der Waals surface area contributed by atoms with E-state index in [1.54, 1.807) is 19.1 Å². The number of carbonyl (C=O) groups excluding carboxylic acids is 1. The highest BCUT2D eigenvalue weighted by atomic mass is 16.2. The van der Waals surface area contributed by atoms with E-state index in [1.165, 1.54) is 6.33 Å². The molecule has 0 saturated heterocycles. The van der Waals surface area contributed by atoms with E-state index in [1.807, 2.05) is 4.90 Å². The van der Waals surface area contributed by atoms with Gasteiger partial charge in [0.05, 0.1) is 6.33 Å². The zero-order valence-corrected chi connectivity index (χ0v) is 13.5. The largest absolute Gasteiger partial charge is 0.339 e. The van der Waals surface area contributed by atoms with Crippen LogP contribution >= 0.6 is 0 Å². The number of nitrogens with one attached hydrogen (secondary N) is 1. The van der Waals surface area contributed by atoms with Gasteiger partial charge in [-0.05, 0) is 12.8 Å². The number of H-pyrrole nitrogens is 1. The summed E-state index contributed by atoms with van der Waals surface area (Å²) in [5.41, 5.74) is 0.410. The van der Waals surface area contributed by atoms with Crippen LogP contribution in [0.1, 0.15) is 50.0 Å². The molecule has 118 valence electrons. The van der Waals surface area contributed by atoms with Gasteiger partial charge < -0.3 is 9.88 Å². The summed E-state index contributed by atoms with van der Waals surface area (Å²) in [4.78, 5) is 21.4. The van der Waals surface area contributed by atoms with E-state index in [0.29, 0.717) is 11.5 Å². The standard InChI is InChI=1S/C14H26N6O/c1-5-7-9-20(10-8-6-2)14(21)12-13(16-11-15-12)17-18-19(3)4/h11H,5-10H2,1-4H3,(H,15,16)/b18-17-. The molecule has 0 saturated carbocycles. The predicted molar refractivity (Wildman–Crippen MR) is 82.5 cm³/mol. The third-order valence-electron chi connectivity index (χ3n) is 3.00. The van der Waals surface area contributed by atoms with Crippen molar-refractivity contribution >= 4 is 11.7 Å². The Labute approximate surface area is 126 Å². The SMILES string of the molecule is CCCCN(CCCC)C(=O)c1[nH]cnc1/N=N\N(C)C. The second-order valence-corrected chi connectivity index (χ2v) is 5.14. The molecule has 0 aliphatic heterocycles. The monoisotopic (exact) mass is 294 g/mol. The molecule has 7 heteroatoms. The van der Waals surface area contributed by atoms with Crippen LogP contribution in [0.3, 0.4) is 0 Å². The Bertz CT molecular complexity index is 446. The Kier molecular flexibility index (Phi) is 7.42. The van der Waals surface area contributed by atoms with Crippen molar-refractivity contribution in [2.45, 2.75) is 39.5 Å². The molecule has 1 aromatic rings.